The Labute approximate surface area is 184 Å². The summed E-state index contributed by atoms with van der Waals surface area (Å²) in [4.78, 5) is 17.1. The van der Waals surface area contributed by atoms with Gasteiger partial charge in [-0.15, -0.1) is 10.2 Å². The fourth-order valence-electron chi connectivity index (χ4n) is 3.56. The molecule has 0 atom stereocenters. The molecule has 160 valence electrons. The molecule has 5 rings (SSSR count). The molecule has 4 heterocycles. The largest absolute Gasteiger partial charge is 0.487 e. The Kier molecular flexibility index (Phi) is 5.25. The van der Waals surface area contributed by atoms with Crippen LogP contribution in [-0.2, 0) is 13.0 Å². The molecule has 0 aliphatic carbocycles. The van der Waals surface area contributed by atoms with Crippen molar-refractivity contribution in [1.29, 1.82) is 0 Å². The third-order valence-corrected chi connectivity index (χ3v) is 5.15. The highest BCUT2D eigenvalue weighted by molar-refractivity contribution is 5.94. The van der Waals surface area contributed by atoms with E-state index >= 15 is 0 Å². The van der Waals surface area contributed by atoms with Crippen molar-refractivity contribution in [2.45, 2.75) is 20.0 Å². The number of nitrogens with zero attached hydrogens (tertiary/aromatic N) is 5. The fraction of sp³-hybridized carbons (Fsp3) is 0.167. The van der Waals surface area contributed by atoms with Crippen molar-refractivity contribution in [2.24, 2.45) is 0 Å². The highest BCUT2D eigenvalue weighted by Crippen LogP contribution is 2.16. The number of aromatic nitrogens is 5. The van der Waals surface area contributed by atoms with E-state index in [9.17, 15) is 4.79 Å². The zero-order chi connectivity index (χ0) is 21.9. The van der Waals surface area contributed by atoms with Crippen molar-refractivity contribution >= 4 is 17.2 Å². The number of benzene rings is 1. The lowest BCUT2D eigenvalue weighted by Gasteiger charge is -2.08. The number of fused-ring (bicyclic) bond motifs is 2. The number of carbonyl (C=O) groups is 1. The van der Waals surface area contributed by atoms with Crippen molar-refractivity contribution in [1.82, 2.24) is 29.3 Å². The first-order valence-corrected chi connectivity index (χ1v) is 10.4. The Balaban J connectivity index is 1.18. The second-order valence-electron chi connectivity index (χ2n) is 7.57. The molecule has 8 nitrogen and oxygen atoms in total. The van der Waals surface area contributed by atoms with Crippen LogP contribution < -0.4 is 10.1 Å². The van der Waals surface area contributed by atoms with Gasteiger partial charge in [0.05, 0.1) is 5.69 Å². The summed E-state index contributed by atoms with van der Waals surface area (Å²) >= 11 is 0. The zero-order valence-electron chi connectivity index (χ0n) is 17.6. The maximum absolute atomic E-state index is 12.6. The van der Waals surface area contributed by atoms with E-state index in [1.165, 1.54) is 5.56 Å². The molecule has 1 aromatic carbocycles. The summed E-state index contributed by atoms with van der Waals surface area (Å²) in [6.45, 7) is 2.83. The molecule has 0 saturated carbocycles. The molecule has 8 heteroatoms. The molecule has 4 aromatic heterocycles. The minimum atomic E-state index is -0.160. The van der Waals surface area contributed by atoms with E-state index in [1.807, 2.05) is 76.8 Å². The molecule has 0 aliphatic heterocycles. The van der Waals surface area contributed by atoms with Crippen LogP contribution >= 0.6 is 0 Å². The Hall–Kier alpha value is -4.20. The number of hydrogen-bond acceptors (Lipinski definition) is 5. The van der Waals surface area contributed by atoms with Crippen molar-refractivity contribution in [3.05, 3.63) is 95.8 Å². The number of hydrogen-bond donors (Lipinski definition) is 1. The van der Waals surface area contributed by atoms with Gasteiger partial charge in [-0.3, -0.25) is 9.20 Å². The molecule has 1 amide bonds. The maximum Gasteiger partial charge on any atom is 0.251 e. The fourth-order valence-corrected chi connectivity index (χ4v) is 3.56. The van der Waals surface area contributed by atoms with Crippen LogP contribution in [0.2, 0.25) is 0 Å². The van der Waals surface area contributed by atoms with Crippen LogP contribution in [0.1, 0.15) is 27.4 Å². The van der Waals surface area contributed by atoms with E-state index in [2.05, 4.69) is 20.5 Å². The number of nitrogens with one attached hydrogen (secondary N) is 1. The molecular weight excluding hydrogens is 404 g/mol. The number of amides is 1. The molecule has 32 heavy (non-hydrogen) atoms. The monoisotopic (exact) mass is 426 g/mol. The highest BCUT2D eigenvalue weighted by atomic mass is 16.5. The van der Waals surface area contributed by atoms with Crippen molar-refractivity contribution in [3.8, 4) is 5.75 Å². The SMILES string of the molecule is Cc1ccc2nc(COc3cccc(C(=O)NCCc4nnc5ccccn45)c3)cn2c1. The molecular formula is C24H22N6O2. The number of imidazole rings is 1. The van der Waals surface area contributed by atoms with Gasteiger partial charge in [-0.2, -0.15) is 0 Å². The minimum absolute atomic E-state index is 0.160. The molecule has 0 radical (unpaired) electrons. The molecule has 0 spiro atoms. The van der Waals surface area contributed by atoms with E-state index in [0.29, 0.717) is 30.9 Å². The van der Waals surface area contributed by atoms with Crippen LogP contribution in [-0.4, -0.2) is 36.4 Å². The van der Waals surface area contributed by atoms with Gasteiger partial charge in [0.25, 0.3) is 5.91 Å². The van der Waals surface area contributed by atoms with E-state index in [0.717, 1.165) is 22.8 Å². The Morgan fingerprint density at radius 1 is 1.03 bits per heavy atom. The maximum atomic E-state index is 12.6. The van der Waals surface area contributed by atoms with E-state index in [-0.39, 0.29) is 5.91 Å². The van der Waals surface area contributed by atoms with E-state index < -0.39 is 0 Å². The summed E-state index contributed by atoms with van der Waals surface area (Å²) in [6.07, 6.45) is 6.48. The molecule has 0 aliphatic rings. The van der Waals surface area contributed by atoms with Gasteiger partial charge in [0.2, 0.25) is 0 Å². The van der Waals surface area contributed by atoms with Crippen molar-refractivity contribution < 1.29 is 9.53 Å². The first-order valence-electron chi connectivity index (χ1n) is 10.4. The molecule has 1 N–H and O–H groups in total. The average molecular weight is 426 g/mol. The smallest absolute Gasteiger partial charge is 0.251 e. The quantitative estimate of drug-likeness (QED) is 0.432. The average Bonchev–Trinajstić information content (AvgIpc) is 3.41. The van der Waals surface area contributed by atoms with Crippen LogP contribution in [0.25, 0.3) is 11.3 Å². The minimum Gasteiger partial charge on any atom is -0.487 e. The number of rotatable bonds is 7. The standard InChI is InChI=1S/C24H22N6O2/c1-17-8-9-21-26-19(15-29(21)14-17)16-32-20-6-4-5-18(13-20)24(31)25-11-10-23-28-27-22-7-2-3-12-30(22)23/h2-9,12-15H,10-11,16H2,1H3,(H,25,31). The number of aryl methyl sites for hydroxylation is 1. The Morgan fingerprint density at radius 3 is 2.91 bits per heavy atom. The summed E-state index contributed by atoms with van der Waals surface area (Å²) in [7, 11) is 0. The van der Waals surface area contributed by atoms with Gasteiger partial charge in [0, 0.05) is 37.1 Å². The Bertz CT molecular complexity index is 1400. The molecule has 0 unspecified atom stereocenters. The number of pyridine rings is 2. The van der Waals surface area contributed by atoms with E-state index in [4.69, 9.17) is 4.74 Å². The van der Waals surface area contributed by atoms with Crippen LogP contribution in [0.4, 0.5) is 0 Å². The summed E-state index contributed by atoms with van der Waals surface area (Å²) in [5, 5.41) is 11.2. The lowest BCUT2D eigenvalue weighted by molar-refractivity contribution is 0.0953. The van der Waals surface area contributed by atoms with Gasteiger partial charge < -0.3 is 14.5 Å². The van der Waals surface area contributed by atoms with Crippen LogP contribution in [0.3, 0.4) is 0 Å². The third kappa shape index (κ3) is 4.15. The van der Waals surface area contributed by atoms with Gasteiger partial charge in [-0.1, -0.05) is 18.2 Å². The third-order valence-electron chi connectivity index (χ3n) is 5.15. The van der Waals surface area contributed by atoms with Gasteiger partial charge in [-0.25, -0.2) is 4.98 Å². The predicted octanol–water partition coefficient (Wildman–Crippen LogP) is 3.24. The van der Waals surface area contributed by atoms with Crippen molar-refractivity contribution in [3.63, 3.8) is 0 Å². The lowest BCUT2D eigenvalue weighted by atomic mass is 10.2. The number of ether oxygens (including phenoxy) is 1. The first kappa shape index (κ1) is 19.7. The summed E-state index contributed by atoms with van der Waals surface area (Å²) in [6, 6.07) is 16.9. The molecule has 0 bridgehead atoms. The van der Waals surface area contributed by atoms with Crippen LogP contribution in [0, 0.1) is 6.92 Å². The zero-order valence-corrected chi connectivity index (χ0v) is 17.6. The van der Waals surface area contributed by atoms with Gasteiger partial charge in [0.1, 0.15) is 23.8 Å². The first-order chi connectivity index (χ1) is 15.7. The topological polar surface area (TPSA) is 85.8 Å². The summed E-state index contributed by atoms with van der Waals surface area (Å²) in [5.74, 6) is 1.27. The van der Waals surface area contributed by atoms with Gasteiger partial charge in [-0.05, 0) is 48.9 Å². The van der Waals surface area contributed by atoms with Gasteiger partial charge >= 0.3 is 0 Å². The van der Waals surface area contributed by atoms with Crippen molar-refractivity contribution in [2.75, 3.05) is 6.54 Å². The van der Waals surface area contributed by atoms with Crippen LogP contribution in [0.5, 0.6) is 5.75 Å². The van der Waals surface area contributed by atoms with E-state index in [1.54, 1.807) is 12.1 Å². The normalized spacial score (nSPS) is 11.2. The van der Waals surface area contributed by atoms with Gasteiger partial charge in [0.15, 0.2) is 5.65 Å². The molecule has 5 aromatic rings. The molecule has 0 saturated heterocycles. The second kappa shape index (κ2) is 8.50. The Morgan fingerprint density at radius 2 is 1.97 bits per heavy atom. The molecule has 0 fully saturated rings. The predicted molar refractivity (Wildman–Crippen MR) is 120 cm³/mol. The lowest BCUT2D eigenvalue weighted by Crippen LogP contribution is -2.26. The number of carbonyl (C=O) groups excluding carboxylic acids is 1. The second-order valence-corrected chi connectivity index (χ2v) is 7.57. The van der Waals surface area contributed by atoms with Crippen LogP contribution in [0.15, 0.2) is 73.2 Å². The highest BCUT2D eigenvalue weighted by Gasteiger charge is 2.09. The summed E-state index contributed by atoms with van der Waals surface area (Å²) < 4.78 is 9.78. The summed E-state index contributed by atoms with van der Waals surface area (Å²) in [5.41, 5.74) is 4.20.